The maximum Gasteiger partial charge on any atom is 0.257 e. The van der Waals surface area contributed by atoms with Crippen LogP contribution in [-0.2, 0) is 9.22 Å². The van der Waals surface area contributed by atoms with E-state index >= 15 is 0 Å². The van der Waals surface area contributed by atoms with Crippen molar-refractivity contribution in [3.63, 3.8) is 0 Å². The van der Waals surface area contributed by atoms with Gasteiger partial charge in [-0.3, -0.25) is 4.79 Å². The summed E-state index contributed by atoms with van der Waals surface area (Å²) in [4.78, 5) is 14.5. The Kier molecular flexibility index (Phi) is 6.74. The summed E-state index contributed by atoms with van der Waals surface area (Å²) in [6.07, 6.45) is -1.88. The van der Waals surface area contributed by atoms with Gasteiger partial charge in [0.15, 0.2) is 0 Å². The van der Waals surface area contributed by atoms with Gasteiger partial charge in [0.1, 0.15) is 24.1 Å². The summed E-state index contributed by atoms with van der Waals surface area (Å²) in [6.45, 7) is 14.5. The molecule has 3 atom stereocenters. The lowest BCUT2D eigenvalue weighted by molar-refractivity contribution is -0.137. The molecule has 6 heteroatoms. The highest BCUT2D eigenvalue weighted by molar-refractivity contribution is 6.77. The Morgan fingerprint density at radius 2 is 1.44 bits per heavy atom. The van der Waals surface area contributed by atoms with Gasteiger partial charge in [-0.25, -0.2) is 4.39 Å². The fourth-order valence-electron chi connectivity index (χ4n) is 4.72. The Morgan fingerprint density at radius 1 is 0.963 bits per heavy atom. The normalized spacial score (nSPS) is 21.8. The van der Waals surface area contributed by atoms with Crippen molar-refractivity contribution in [3.05, 3.63) is 24.3 Å². The molecule has 152 valence electrons. The first kappa shape index (κ1) is 21.9. The van der Waals surface area contributed by atoms with Crippen LogP contribution >= 0.6 is 0 Å². The number of benzene rings is 1. The molecule has 0 unspecified atom stereocenters. The lowest BCUT2D eigenvalue weighted by atomic mass is 9.93. The number of β-lactam (4-membered cyclic amide) rings is 1. The van der Waals surface area contributed by atoms with Crippen LogP contribution < -0.4 is 9.64 Å². The number of ether oxygens (including phenoxy) is 1. The third-order valence-electron chi connectivity index (χ3n) is 5.95. The van der Waals surface area contributed by atoms with Crippen molar-refractivity contribution in [2.45, 2.75) is 83.4 Å². The van der Waals surface area contributed by atoms with Gasteiger partial charge in [0.2, 0.25) is 8.32 Å². The van der Waals surface area contributed by atoms with Gasteiger partial charge in [0.05, 0.1) is 7.11 Å². The van der Waals surface area contributed by atoms with E-state index in [1.54, 1.807) is 31.4 Å². The minimum absolute atomic E-state index is 0.145. The monoisotopic (exact) mass is 395 g/mol. The predicted octanol–water partition coefficient (Wildman–Crippen LogP) is 5.33. The minimum atomic E-state index is -2.27. The molecule has 1 heterocycles. The molecule has 0 saturated carbocycles. The zero-order chi connectivity index (χ0) is 20.5. The Labute approximate surface area is 164 Å². The first-order valence-corrected chi connectivity index (χ1v) is 12.0. The molecular weight excluding hydrogens is 361 g/mol. The first-order chi connectivity index (χ1) is 12.6. The fourth-order valence-corrected chi connectivity index (χ4v) is 10.2. The molecule has 4 nitrogen and oxygen atoms in total. The van der Waals surface area contributed by atoms with Crippen molar-refractivity contribution >= 4 is 19.9 Å². The molecular formula is C21H34FNO3Si. The Balaban J connectivity index is 2.33. The topological polar surface area (TPSA) is 38.8 Å². The Hall–Kier alpha value is -1.40. The highest BCUT2D eigenvalue weighted by Crippen LogP contribution is 2.46. The molecule has 1 fully saturated rings. The Morgan fingerprint density at radius 3 is 1.81 bits per heavy atom. The molecule has 1 aromatic carbocycles. The van der Waals surface area contributed by atoms with Crippen molar-refractivity contribution in [1.82, 2.24) is 0 Å². The maximum absolute atomic E-state index is 14.5. The number of hydrogen-bond acceptors (Lipinski definition) is 3. The number of carbonyl (C=O) groups is 1. The maximum atomic E-state index is 14.5. The number of rotatable bonds is 8. The molecule has 0 aromatic heterocycles. The largest absolute Gasteiger partial charge is 0.497 e. The van der Waals surface area contributed by atoms with E-state index in [1.807, 2.05) is 0 Å². The van der Waals surface area contributed by atoms with Gasteiger partial charge in [-0.1, -0.05) is 41.5 Å². The van der Waals surface area contributed by atoms with Gasteiger partial charge in [-0.2, -0.15) is 0 Å². The van der Waals surface area contributed by atoms with Crippen LogP contribution in [0.1, 0.15) is 48.5 Å². The molecule has 1 aromatic rings. The zero-order valence-electron chi connectivity index (χ0n) is 17.8. The van der Waals surface area contributed by atoms with Crippen LogP contribution in [0, 0.1) is 0 Å². The van der Waals surface area contributed by atoms with E-state index in [4.69, 9.17) is 9.16 Å². The second-order valence-corrected chi connectivity index (χ2v) is 13.8. The van der Waals surface area contributed by atoms with Gasteiger partial charge in [0, 0.05) is 5.69 Å². The zero-order valence-corrected chi connectivity index (χ0v) is 18.8. The van der Waals surface area contributed by atoms with Gasteiger partial charge in [-0.15, -0.1) is 0 Å². The van der Waals surface area contributed by atoms with Crippen LogP contribution in [0.3, 0.4) is 0 Å². The summed E-state index contributed by atoms with van der Waals surface area (Å²) in [5.74, 6) is 0.559. The van der Waals surface area contributed by atoms with Crippen molar-refractivity contribution in [1.29, 1.82) is 0 Å². The van der Waals surface area contributed by atoms with Gasteiger partial charge < -0.3 is 14.1 Å². The van der Waals surface area contributed by atoms with Crippen LogP contribution in [0.25, 0.3) is 0 Å². The molecule has 1 saturated heterocycles. The number of carbonyl (C=O) groups excluding carboxylic acids is 1. The third-order valence-corrected chi connectivity index (χ3v) is 12.0. The second-order valence-electron chi connectivity index (χ2n) is 8.43. The minimum Gasteiger partial charge on any atom is -0.497 e. The number of alkyl halides is 1. The molecule has 0 radical (unpaired) electrons. The summed E-state index contributed by atoms with van der Waals surface area (Å²) in [5, 5.41) is 0. The van der Waals surface area contributed by atoms with Crippen LogP contribution in [-0.4, -0.2) is 39.7 Å². The number of hydrogen-bond donors (Lipinski definition) is 0. The summed E-state index contributed by atoms with van der Waals surface area (Å²) in [5.41, 5.74) is 1.71. The molecule has 1 aliphatic heterocycles. The van der Waals surface area contributed by atoms with Gasteiger partial charge in [0.25, 0.3) is 5.91 Å². The summed E-state index contributed by atoms with van der Waals surface area (Å²) in [7, 11) is -0.678. The van der Waals surface area contributed by atoms with Crippen molar-refractivity contribution in [3.8, 4) is 5.75 Å². The van der Waals surface area contributed by atoms with Crippen LogP contribution in [0.5, 0.6) is 5.75 Å². The van der Waals surface area contributed by atoms with E-state index in [0.717, 1.165) is 0 Å². The summed E-state index contributed by atoms with van der Waals surface area (Å²) >= 11 is 0. The lowest BCUT2D eigenvalue weighted by Crippen LogP contribution is -2.72. The molecule has 1 amide bonds. The average Bonchev–Trinajstić information content (AvgIpc) is 2.59. The van der Waals surface area contributed by atoms with Crippen molar-refractivity contribution in [2.75, 3.05) is 12.0 Å². The summed E-state index contributed by atoms with van der Waals surface area (Å²) < 4.78 is 26.3. The molecule has 0 bridgehead atoms. The second kappa shape index (κ2) is 8.31. The van der Waals surface area contributed by atoms with E-state index in [0.29, 0.717) is 28.1 Å². The smallest absolute Gasteiger partial charge is 0.257 e. The van der Waals surface area contributed by atoms with E-state index in [1.165, 1.54) is 11.8 Å². The van der Waals surface area contributed by atoms with E-state index < -0.39 is 26.6 Å². The highest BCUT2D eigenvalue weighted by atomic mass is 28.4. The molecule has 27 heavy (non-hydrogen) atoms. The molecule has 0 spiro atoms. The standard InChI is InChI=1S/C21H34FNO3Si/c1-13(2)27(14(3)4,15(5)6)26-20-19(16(7)22)23(21(20)24)17-9-11-18(25-8)12-10-17/h9-16,19-20H,1-8H3/t16-,19-,20+/m0/s1. The highest BCUT2D eigenvalue weighted by Gasteiger charge is 2.57. The van der Waals surface area contributed by atoms with Gasteiger partial charge >= 0.3 is 0 Å². The van der Waals surface area contributed by atoms with Crippen LogP contribution in [0.15, 0.2) is 24.3 Å². The molecule has 0 N–H and O–H groups in total. The Bertz CT molecular complexity index is 624. The van der Waals surface area contributed by atoms with E-state index in [-0.39, 0.29) is 5.91 Å². The van der Waals surface area contributed by atoms with Crippen molar-refractivity contribution in [2.24, 2.45) is 0 Å². The van der Waals surface area contributed by atoms with E-state index in [2.05, 4.69) is 41.5 Å². The predicted molar refractivity (Wildman–Crippen MR) is 111 cm³/mol. The SMILES string of the molecule is COc1ccc(N2C(=O)[C@H](O[Si](C(C)C)(C(C)C)C(C)C)[C@@H]2[C@H](C)F)cc1. The molecule has 2 rings (SSSR count). The number of amides is 1. The number of nitrogens with zero attached hydrogens (tertiary/aromatic N) is 1. The lowest BCUT2D eigenvalue weighted by Gasteiger charge is -2.53. The fraction of sp³-hybridized carbons (Fsp3) is 0.667. The van der Waals surface area contributed by atoms with Crippen LogP contribution in [0.4, 0.5) is 10.1 Å². The van der Waals surface area contributed by atoms with Crippen LogP contribution in [0.2, 0.25) is 16.6 Å². The van der Waals surface area contributed by atoms with E-state index in [9.17, 15) is 9.18 Å². The molecule has 1 aliphatic rings. The summed E-state index contributed by atoms with van der Waals surface area (Å²) in [6, 6.07) is 6.56. The quantitative estimate of drug-likeness (QED) is 0.441. The van der Waals surface area contributed by atoms with Gasteiger partial charge in [-0.05, 0) is 47.8 Å². The number of anilines is 1. The van der Waals surface area contributed by atoms with Crippen molar-refractivity contribution < 1.29 is 18.3 Å². The molecule has 0 aliphatic carbocycles. The number of methoxy groups -OCH3 is 1. The third kappa shape index (κ3) is 3.79. The first-order valence-electron chi connectivity index (χ1n) is 9.86. The average molecular weight is 396 g/mol. The number of halogens is 1.